The third-order valence-electron chi connectivity index (χ3n) is 3.65. The molecule has 21 heavy (non-hydrogen) atoms. The molecule has 2 rings (SSSR count). The summed E-state index contributed by atoms with van der Waals surface area (Å²) in [5.41, 5.74) is 2.60. The summed E-state index contributed by atoms with van der Waals surface area (Å²) >= 11 is 0. The number of benzene rings is 2. The molecule has 0 heterocycles. The SMILES string of the molecule is CNCC(Cc1ccc(OC)c(OC)c1)c1ccccc1. The summed E-state index contributed by atoms with van der Waals surface area (Å²) in [5, 5.41) is 3.28. The number of nitrogens with one attached hydrogen (secondary N) is 1. The van der Waals surface area contributed by atoms with Gasteiger partial charge in [0.1, 0.15) is 0 Å². The molecule has 0 radical (unpaired) electrons. The number of hydrogen-bond donors (Lipinski definition) is 1. The van der Waals surface area contributed by atoms with Crippen LogP contribution in [0.15, 0.2) is 48.5 Å². The zero-order valence-corrected chi connectivity index (χ0v) is 12.9. The van der Waals surface area contributed by atoms with Gasteiger partial charge in [0, 0.05) is 12.5 Å². The van der Waals surface area contributed by atoms with Crippen molar-refractivity contribution in [3.05, 3.63) is 59.7 Å². The van der Waals surface area contributed by atoms with E-state index in [2.05, 4.69) is 47.8 Å². The van der Waals surface area contributed by atoms with E-state index in [9.17, 15) is 0 Å². The van der Waals surface area contributed by atoms with Crippen LogP contribution < -0.4 is 14.8 Å². The molecule has 0 amide bonds. The van der Waals surface area contributed by atoms with Crippen molar-refractivity contribution in [1.82, 2.24) is 5.32 Å². The number of ether oxygens (including phenoxy) is 2. The Morgan fingerprint density at radius 3 is 2.29 bits per heavy atom. The van der Waals surface area contributed by atoms with Crippen molar-refractivity contribution in [2.24, 2.45) is 0 Å². The normalized spacial score (nSPS) is 12.0. The molecule has 0 aliphatic carbocycles. The molecule has 112 valence electrons. The molecule has 0 fully saturated rings. The van der Waals surface area contributed by atoms with Gasteiger partial charge in [0.2, 0.25) is 0 Å². The second kappa shape index (κ2) is 7.70. The summed E-state index contributed by atoms with van der Waals surface area (Å²) in [5.74, 6) is 1.99. The van der Waals surface area contributed by atoms with Crippen LogP contribution in [-0.4, -0.2) is 27.8 Å². The van der Waals surface area contributed by atoms with E-state index >= 15 is 0 Å². The molecule has 0 bridgehead atoms. The van der Waals surface area contributed by atoms with E-state index in [1.165, 1.54) is 11.1 Å². The summed E-state index contributed by atoms with van der Waals surface area (Å²) in [6.45, 7) is 0.943. The minimum Gasteiger partial charge on any atom is -0.493 e. The van der Waals surface area contributed by atoms with E-state index in [0.29, 0.717) is 5.92 Å². The van der Waals surface area contributed by atoms with Gasteiger partial charge in [0.25, 0.3) is 0 Å². The molecule has 2 aromatic rings. The van der Waals surface area contributed by atoms with Crippen molar-refractivity contribution in [3.63, 3.8) is 0 Å². The molecular weight excluding hydrogens is 262 g/mol. The molecule has 0 saturated carbocycles. The van der Waals surface area contributed by atoms with E-state index in [1.54, 1.807) is 14.2 Å². The Kier molecular flexibility index (Phi) is 5.64. The summed E-state index contributed by atoms with van der Waals surface area (Å²) in [7, 11) is 5.32. The quantitative estimate of drug-likeness (QED) is 0.847. The van der Waals surface area contributed by atoms with Crippen LogP contribution in [0.3, 0.4) is 0 Å². The fourth-order valence-electron chi connectivity index (χ4n) is 2.57. The van der Waals surface area contributed by atoms with Crippen molar-refractivity contribution < 1.29 is 9.47 Å². The zero-order chi connectivity index (χ0) is 15.1. The molecule has 0 aliphatic heterocycles. The van der Waals surface area contributed by atoms with Gasteiger partial charge < -0.3 is 14.8 Å². The molecule has 2 aromatic carbocycles. The van der Waals surface area contributed by atoms with Crippen LogP contribution in [0.4, 0.5) is 0 Å². The van der Waals surface area contributed by atoms with E-state index in [0.717, 1.165) is 24.5 Å². The minimum absolute atomic E-state index is 0.439. The van der Waals surface area contributed by atoms with Crippen LogP contribution in [0.1, 0.15) is 17.0 Å². The third kappa shape index (κ3) is 3.99. The first kappa shape index (κ1) is 15.4. The summed E-state index contributed by atoms with van der Waals surface area (Å²) in [4.78, 5) is 0. The molecule has 0 aromatic heterocycles. The van der Waals surface area contributed by atoms with Gasteiger partial charge in [0.05, 0.1) is 14.2 Å². The van der Waals surface area contributed by atoms with Crippen LogP contribution in [-0.2, 0) is 6.42 Å². The average molecular weight is 285 g/mol. The lowest BCUT2D eigenvalue weighted by Crippen LogP contribution is -2.19. The Labute approximate surface area is 126 Å². The van der Waals surface area contributed by atoms with Gasteiger partial charge in [-0.1, -0.05) is 36.4 Å². The van der Waals surface area contributed by atoms with Crippen molar-refractivity contribution in [1.29, 1.82) is 0 Å². The Hall–Kier alpha value is -2.00. The lowest BCUT2D eigenvalue weighted by molar-refractivity contribution is 0.354. The van der Waals surface area contributed by atoms with Crippen molar-refractivity contribution in [3.8, 4) is 11.5 Å². The number of hydrogen-bond acceptors (Lipinski definition) is 3. The molecular formula is C18H23NO2. The van der Waals surface area contributed by atoms with Crippen LogP contribution in [0.2, 0.25) is 0 Å². The maximum Gasteiger partial charge on any atom is 0.160 e. The lowest BCUT2D eigenvalue weighted by atomic mass is 9.92. The molecule has 1 unspecified atom stereocenters. The van der Waals surface area contributed by atoms with Gasteiger partial charge in [-0.05, 0) is 36.7 Å². The van der Waals surface area contributed by atoms with Crippen LogP contribution in [0, 0.1) is 0 Å². The summed E-state index contributed by atoms with van der Waals surface area (Å²) in [6.07, 6.45) is 0.963. The second-order valence-electron chi connectivity index (χ2n) is 5.06. The highest BCUT2D eigenvalue weighted by Crippen LogP contribution is 2.30. The highest BCUT2D eigenvalue weighted by atomic mass is 16.5. The van der Waals surface area contributed by atoms with Crippen LogP contribution >= 0.6 is 0 Å². The second-order valence-corrected chi connectivity index (χ2v) is 5.06. The van der Waals surface area contributed by atoms with Gasteiger partial charge in [0.15, 0.2) is 11.5 Å². The maximum absolute atomic E-state index is 5.38. The molecule has 0 spiro atoms. The van der Waals surface area contributed by atoms with E-state index < -0.39 is 0 Å². The van der Waals surface area contributed by atoms with Gasteiger partial charge in [-0.25, -0.2) is 0 Å². The predicted molar refractivity (Wildman–Crippen MR) is 86.4 cm³/mol. The molecule has 3 heteroatoms. The fraction of sp³-hybridized carbons (Fsp3) is 0.333. The standard InChI is InChI=1S/C18H23NO2/c1-19-13-16(15-7-5-4-6-8-15)11-14-9-10-17(20-2)18(12-14)21-3/h4-10,12,16,19H,11,13H2,1-3H3. The third-order valence-corrected chi connectivity index (χ3v) is 3.65. The highest BCUT2D eigenvalue weighted by molar-refractivity contribution is 5.43. The molecule has 1 N–H and O–H groups in total. The maximum atomic E-state index is 5.38. The Balaban J connectivity index is 2.21. The van der Waals surface area contributed by atoms with E-state index in [1.807, 2.05) is 13.1 Å². The molecule has 1 atom stereocenters. The Morgan fingerprint density at radius 1 is 0.952 bits per heavy atom. The molecule has 3 nitrogen and oxygen atoms in total. The summed E-state index contributed by atoms with van der Waals surface area (Å²) < 4.78 is 10.7. The first-order valence-electron chi connectivity index (χ1n) is 7.19. The van der Waals surface area contributed by atoms with Gasteiger partial charge in [-0.3, -0.25) is 0 Å². The van der Waals surface area contributed by atoms with Crippen LogP contribution in [0.5, 0.6) is 11.5 Å². The van der Waals surface area contributed by atoms with Gasteiger partial charge in [-0.2, -0.15) is 0 Å². The average Bonchev–Trinajstić information content (AvgIpc) is 2.55. The Morgan fingerprint density at radius 2 is 1.67 bits per heavy atom. The van der Waals surface area contributed by atoms with Gasteiger partial charge in [-0.15, -0.1) is 0 Å². The van der Waals surface area contributed by atoms with Crippen molar-refractivity contribution in [2.75, 3.05) is 27.8 Å². The molecule has 0 saturated heterocycles. The van der Waals surface area contributed by atoms with Crippen molar-refractivity contribution >= 4 is 0 Å². The van der Waals surface area contributed by atoms with Crippen LogP contribution in [0.25, 0.3) is 0 Å². The minimum atomic E-state index is 0.439. The lowest BCUT2D eigenvalue weighted by Gasteiger charge is -2.18. The first-order chi connectivity index (χ1) is 10.3. The summed E-state index contributed by atoms with van der Waals surface area (Å²) in [6, 6.07) is 16.7. The number of rotatable bonds is 7. The zero-order valence-electron chi connectivity index (χ0n) is 12.9. The first-order valence-corrected chi connectivity index (χ1v) is 7.19. The predicted octanol–water partition coefficient (Wildman–Crippen LogP) is 3.25. The Bertz CT molecular complexity index is 554. The highest BCUT2D eigenvalue weighted by Gasteiger charge is 2.13. The largest absolute Gasteiger partial charge is 0.493 e. The van der Waals surface area contributed by atoms with E-state index in [4.69, 9.17) is 9.47 Å². The van der Waals surface area contributed by atoms with Crippen molar-refractivity contribution in [2.45, 2.75) is 12.3 Å². The number of likely N-dealkylation sites (N-methyl/N-ethyl adjacent to an activating group) is 1. The molecule has 0 aliphatic rings. The fourth-order valence-corrected chi connectivity index (χ4v) is 2.57. The van der Waals surface area contributed by atoms with E-state index in [-0.39, 0.29) is 0 Å². The smallest absolute Gasteiger partial charge is 0.160 e. The number of methoxy groups -OCH3 is 2. The van der Waals surface area contributed by atoms with Gasteiger partial charge >= 0.3 is 0 Å². The monoisotopic (exact) mass is 285 g/mol. The topological polar surface area (TPSA) is 30.5 Å².